The fourth-order valence-corrected chi connectivity index (χ4v) is 1.81. The summed E-state index contributed by atoms with van der Waals surface area (Å²) in [4.78, 5) is 0. The zero-order chi connectivity index (χ0) is 12.1. The van der Waals surface area contributed by atoms with E-state index in [1.807, 2.05) is 18.6 Å². The lowest BCUT2D eigenvalue weighted by Crippen LogP contribution is -2.43. The molecule has 0 aromatic rings. The largest absolute Gasteiger partial charge is 0.350 e. The first-order chi connectivity index (χ1) is 6.83. The number of rotatable bonds is 7. The summed E-state index contributed by atoms with van der Waals surface area (Å²) in [6, 6.07) is 0. The van der Waals surface area contributed by atoms with Crippen LogP contribution in [-0.4, -0.2) is 27.3 Å². The zero-order valence-corrected chi connectivity index (χ0v) is 9.78. The van der Waals surface area contributed by atoms with Crippen LogP contribution in [0.4, 0.5) is 8.78 Å². The van der Waals surface area contributed by atoms with Crippen molar-refractivity contribution >= 4 is 10.0 Å². The highest BCUT2D eigenvalue weighted by atomic mass is 32.2. The summed E-state index contributed by atoms with van der Waals surface area (Å²) >= 11 is 0. The highest BCUT2D eigenvalue weighted by Gasteiger charge is 2.30. The molecule has 0 rings (SSSR count). The quantitative estimate of drug-likeness (QED) is 0.698. The van der Waals surface area contributed by atoms with Gasteiger partial charge in [-0.2, -0.15) is 8.78 Å². The van der Waals surface area contributed by atoms with Gasteiger partial charge in [0.05, 0.1) is 0 Å². The molecule has 0 heterocycles. The summed E-state index contributed by atoms with van der Waals surface area (Å²) in [6.45, 7) is 3.94. The van der Waals surface area contributed by atoms with Crippen LogP contribution in [0.25, 0.3) is 0 Å². The molecule has 0 aromatic heterocycles. The Balaban J connectivity index is 4.48. The first kappa shape index (κ1) is 14.7. The van der Waals surface area contributed by atoms with Gasteiger partial charge in [0.25, 0.3) is 10.0 Å². The van der Waals surface area contributed by atoms with Crippen LogP contribution >= 0.6 is 0 Å². The van der Waals surface area contributed by atoms with Crippen molar-refractivity contribution in [1.82, 2.24) is 4.72 Å². The Kier molecular flexibility index (Phi) is 5.61. The Bertz CT molecular complexity index is 268. The summed E-state index contributed by atoms with van der Waals surface area (Å²) in [5.41, 5.74) is 5.08. The highest BCUT2D eigenvalue weighted by molar-refractivity contribution is 7.89. The van der Waals surface area contributed by atoms with E-state index in [0.29, 0.717) is 12.8 Å². The van der Waals surface area contributed by atoms with E-state index in [0.717, 1.165) is 0 Å². The maximum absolute atomic E-state index is 12.0. The maximum Gasteiger partial charge on any atom is 0.350 e. The summed E-state index contributed by atoms with van der Waals surface area (Å²) in [5.74, 6) is -3.39. The smallest absolute Gasteiger partial charge is 0.330 e. The molecule has 0 amide bonds. The Labute approximate surface area is 89.3 Å². The average Bonchev–Trinajstić information content (AvgIpc) is 2.20. The van der Waals surface area contributed by atoms with Crippen LogP contribution in [0.3, 0.4) is 0 Å². The minimum Gasteiger partial charge on any atom is -0.330 e. The van der Waals surface area contributed by atoms with E-state index in [1.165, 1.54) is 0 Å². The lowest BCUT2D eigenvalue weighted by Gasteiger charge is -2.29. The molecule has 0 spiro atoms. The number of nitrogens with one attached hydrogen (secondary N) is 1. The Hall–Kier alpha value is -0.270. The van der Waals surface area contributed by atoms with Crippen LogP contribution in [0.15, 0.2) is 0 Å². The van der Waals surface area contributed by atoms with Crippen molar-refractivity contribution in [3.63, 3.8) is 0 Å². The van der Waals surface area contributed by atoms with Gasteiger partial charge in [0.1, 0.15) is 0 Å². The molecule has 7 heteroatoms. The Morgan fingerprint density at radius 2 is 1.80 bits per heavy atom. The van der Waals surface area contributed by atoms with Crippen LogP contribution in [0.5, 0.6) is 0 Å². The predicted molar refractivity (Wildman–Crippen MR) is 55.0 cm³/mol. The van der Waals surface area contributed by atoms with Gasteiger partial charge in [0.2, 0.25) is 0 Å². The number of hydrogen-bond acceptors (Lipinski definition) is 3. The third-order valence-corrected chi connectivity index (χ3v) is 3.83. The SMILES string of the molecule is CCC(CC)(CN)CNS(=O)(=O)C(F)F. The number of halogens is 2. The molecule has 3 N–H and O–H groups in total. The van der Waals surface area contributed by atoms with Crippen molar-refractivity contribution in [3.05, 3.63) is 0 Å². The Morgan fingerprint density at radius 1 is 1.33 bits per heavy atom. The van der Waals surface area contributed by atoms with E-state index in [-0.39, 0.29) is 13.1 Å². The molecule has 0 aliphatic heterocycles. The molecule has 0 saturated carbocycles. The van der Waals surface area contributed by atoms with Crippen LogP contribution in [0.1, 0.15) is 26.7 Å². The van der Waals surface area contributed by atoms with Gasteiger partial charge in [-0.05, 0) is 24.8 Å². The normalized spacial score (nSPS) is 13.5. The molecule has 0 fully saturated rings. The second-order valence-corrected chi connectivity index (χ2v) is 5.27. The van der Waals surface area contributed by atoms with Crippen molar-refractivity contribution in [1.29, 1.82) is 0 Å². The fraction of sp³-hybridized carbons (Fsp3) is 1.00. The van der Waals surface area contributed by atoms with Gasteiger partial charge < -0.3 is 5.73 Å². The number of hydrogen-bond donors (Lipinski definition) is 2. The van der Waals surface area contributed by atoms with E-state index >= 15 is 0 Å². The van der Waals surface area contributed by atoms with Gasteiger partial charge in [0, 0.05) is 6.54 Å². The second-order valence-electron chi connectivity index (χ2n) is 3.54. The number of nitrogens with two attached hydrogens (primary N) is 1. The Morgan fingerprint density at radius 3 is 2.07 bits per heavy atom. The van der Waals surface area contributed by atoms with Gasteiger partial charge in [-0.1, -0.05) is 13.8 Å². The van der Waals surface area contributed by atoms with Gasteiger partial charge >= 0.3 is 5.76 Å². The van der Waals surface area contributed by atoms with E-state index < -0.39 is 21.2 Å². The maximum atomic E-state index is 12.0. The molecule has 15 heavy (non-hydrogen) atoms. The van der Waals surface area contributed by atoms with Gasteiger partial charge in [0.15, 0.2) is 0 Å². The molecule has 4 nitrogen and oxygen atoms in total. The van der Waals surface area contributed by atoms with E-state index in [4.69, 9.17) is 5.73 Å². The van der Waals surface area contributed by atoms with E-state index in [1.54, 1.807) is 0 Å². The lowest BCUT2D eigenvalue weighted by atomic mass is 9.83. The van der Waals surface area contributed by atoms with Crippen molar-refractivity contribution in [2.24, 2.45) is 11.1 Å². The zero-order valence-electron chi connectivity index (χ0n) is 8.96. The van der Waals surface area contributed by atoms with Gasteiger partial charge in [-0.3, -0.25) is 0 Å². The van der Waals surface area contributed by atoms with Crippen molar-refractivity contribution in [2.75, 3.05) is 13.1 Å². The molecular weight excluding hydrogens is 226 g/mol. The monoisotopic (exact) mass is 244 g/mol. The van der Waals surface area contributed by atoms with Crippen molar-refractivity contribution in [2.45, 2.75) is 32.4 Å². The number of alkyl halides is 2. The molecule has 0 bridgehead atoms. The summed E-state index contributed by atoms with van der Waals surface area (Å²) < 4.78 is 47.6. The molecular formula is C8H18F2N2O2S. The molecule has 0 atom stereocenters. The van der Waals surface area contributed by atoms with Crippen LogP contribution in [0, 0.1) is 5.41 Å². The molecule has 0 radical (unpaired) electrons. The van der Waals surface area contributed by atoms with Crippen LogP contribution in [-0.2, 0) is 10.0 Å². The van der Waals surface area contributed by atoms with Crippen molar-refractivity contribution in [3.8, 4) is 0 Å². The predicted octanol–water partition coefficient (Wildman–Crippen LogP) is 0.894. The highest BCUT2D eigenvalue weighted by Crippen LogP contribution is 2.24. The third-order valence-electron chi connectivity index (χ3n) is 2.82. The first-order valence-electron chi connectivity index (χ1n) is 4.80. The third kappa shape index (κ3) is 4.00. The number of sulfonamides is 1. The average molecular weight is 244 g/mol. The topological polar surface area (TPSA) is 72.2 Å². The molecule has 0 aromatic carbocycles. The molecule has 0 saturated heterocycles. The standard InChI is InChI=1S/C8H18F2N2O2S/c1-3-8(4-2,5-11)6-12-15(13,14)7(9)10/h7,12H,3-6,11H2,1-2H3. The van der Waals surface area contributed by atoms with Gasteiger partial charge in [-0.25, -0.2) is 13.1 Å². The van der Waals surface area contributed by atoms with Crippen molar-refractivity contribution < 1.29 is 17.2 Å². The molecule has 0 unspecified atom stereocenters. The first-order valence-corrected chi connectivity index (χ1v) is 6.35. The van der Waals surface area contributed by atoms with Crippen LogP contribution < -0.4 is 10.5 Å². The lowest BCUT2D eigenvalue weighted by molar-refractivity contribution is 0.226. The summed E-state index contributed by atoms with van der Waals surface area (Å²) in [7, 11) is -4.50. The second kappa shape index (κ2) is 5.72. The summed E-state index contributed by atoms with van der Waals surface area (Å²) in [6.07, 6.45) is 1.29. The fourth-order valence-electron chi connectivity index (χ4n) is 1.18. The molecule has 92 valence electrons. The molecule has 0 aliphatic rings. The molecule has 0 aliphatic carbocycles. The minimum absolute atomic E-state index is 0.0385. The van der Waals surface area contributed by atoms with E-state index in [2.05, 4.69) is 0 Å². The minimum atomic E-state index is -4.50. The summed E-state index contributed by atoms with van der Waals surface area (Å²) in [5, 5.41) is 0. The van der Waals surface area contributed by atoms with E-state index in [9.17, 15) is 17.2 Å². The van der Waals surface area contributed by atoms with Gasteiger partial charge in [-0.15, -0.1) is 0 Å². The van der Waals surface area contributed by atoms with Crippen LogP contribution in [0.2, 0.25) is 0 Å².